The summed E-state index contributed by atoms with van der Waals surface area (Å²) in [6.07, 6.45) is 3.01. The summed E-state index contributed by atoms with van der Waals surface area (Å²) in [5.74, 6) is -0.857. The third-order valence-corrected chi connectivity index (χ3v) is 2.43. The van der Waals surface area contributed by atoms with Gasteiger partial charge in [0.2, 0.25) is 12.4 Å². The predicted octanol–water partition coefficient (Wildman–Crippen LogP) is 0.331. The fraction of sp³-hybridized carbons (Fsp3) is 0.0714. The number of esters is 1. The molecule has 1 heterocycles. The maximum absolute atomic E-state index is 11.9. The molecule has 0 aliphatic rings. The molecule has 0 saturated carbocycles. The summed E-state index contributed by atoms with van der Waals surface area (Å²) in [4.78, 5) is 11.4. The normalized spacial score (nSPS) is 11.1. The third-order valence-electron chi connectivity index (χ3n) is 2.43. The summed E-state index contributed by atoms with van der Waals surface area (Å²) in [5, 5.41) is 15.7. The molecule has 1 aromatic heterocycles. The van der Waals surface area contributed by atoms with Crippen LogP contribution in [-0.4, -0.2) is 19.0 Å². The van der Waals surface area contributed by atoms with Crippen molar-refractivity contribution in [2.45, 2.75) is 0 Å². The van der Waals surface area contributed by atoms with Crippen LogP contribution in [0.15, 0.2) is 60.0 Å². The minimum Gasteiger partial charge on any atom is -0.854 e. The summed E-state index contributed by atoms with van der Waals surface area (Å²) in [5.41, 5.74) is 0.813. The van der Waals surface area contributed by atoms with E-state index >= 15 is 0 Å². The Morgan fingerprint density at radius 1 is 1.16 bits per heavy atom. The van der Waals surface area contributed by atoms with Crippen LogP contribution in [-0.2, 0) is 4.74 Å². The van der Waals surface area contributed by atoms with E-state index in [9.17, 15) is 9.90 Å². The van der Waals surface area contributed by atoms with Crippen molar-refractivity contribution in [1.82, 2.24) is 0 Å². The van der Waals surface area contributed by atoms with E-state index in [1.54, 1.807) is 42.6 Å². The van der Waals surface area contributed by atoms with Crippen LogP contribution in [0.4, 0.5) is 0 Å². The Morgan fingerprint density at radius 3 is 2.53 bits per heavy atom. The molecule has 96 valence electrons. The van der Waals surface area contributed by atoms with Gasteiger partial charge in [0.1, 0.15) is 5.56 Å². The smallest absolute Gasteiger partial charge is 0.344 e. The number of methoxy groups -OCH3 is 1. The first-order chi connectivity index (χ1) is 9.20. The van der Waals surface area contributed by atoms with Crippen molar-refractivity contribution in [1.29, 1.82) is 0 Å². The van der Waals surface area contributed by atoms with Crippen molar-refractivity contribution >= 4 is 11.9 Å². The predicted molar refractivity (Wildman–Crippen MR) is 66.4 cm³/mol. The molecule has 1 aromatic carbocycles. The number of rotatable bonds is 3. The van der Waals surface area contributed by atoms with Gasteiger partial charge in [-0.2, -0.15) is 0 Å². The molecular formula is C14H12N2O3. The van der Waals surface area contributed by atoms with E-state index < -0.39 is 5.97 Å². The van der Waals surface area contributed by atoms with Crippen molar-refractivity contribution < 1.29 is 19.3 Å². The maximum Gasteiger partial charge on any atom is 0.344 e. The minimum atomic E-state index is -0.475. The number of hydrogen-bond donors (Lipinski definition) is 0. The lowest BCUT2D eigenvalue weighted by molar-refractivity contribution is -0.681. The molecule has 5 heteroatoms. The van der Waals surface area contributed by atoms with Crippen molar-refractivity contribution in [3.8, 4) is 0 Å². The molecule has 0 aliphatic carbocycles. The molecule has 0 aliphatic heterocycles. The number of carbonyl (C=O) groups excluding carboxylic acids is 1. The quantitative estimate of drug-likeness (QED) is 0.344. The number of ether oxygens (including phenoxy) is 1. The lowest BCUT2D eigenvalue weighted by Crippen LogP contribution is -2.34. The van der Waals surface area contributed by atoms with Crippen molar-refractivity contribution in [2.24, 2.45) is 5.10 Å². The van der Waals surface area contributed by atoms with Crippen molar-refractivity contribution in [3.63, 3.8) is 0 Å². The Morgan fingerprint density at radius 2 is 1.84 bits per heavy atom. The van der Waals surface area contributed by atoms with Gasteiger partial charge in [-0.15, -0.1) is 0 Å². The van der Waals surface area contributed by atoms with Crippen LogP contribution in [0, 0.1) is 0 Å². The average Bonchev–Trinajstić information content (AvgIpc) is 2.47. The topological polar surface area (TPSA) is 65.6 Å². The van der Waals surface area contributed by atoms with E-state index in [1.165, 1.54) is 18.0 Å². The second kappa shape index (κ2) is 5.77. The molecule has 5 nitrogen and oxygen atoms in total. The molecule has 0 amide bonds. The molecule has 2 rings (SSSR count). The van der Waals surface area contributed by atoms with Crippen LogP contribution < -0.4 is 9.78 Å². The largest absolute Gasteiger partial charge is 0.854 e. The van der Waals surface area contributed by atoms with Crippen LogP contribution in [0.1, 0.15) is 15.9 Å². The minimum absolute atomic E-state index is 0.328. The Kier molecular flexibility index (Phi) is 3.87. The highest BCUT2D eigenvalue weighted by molar-refractivity contribution is 5.90. The average molecular weight is 256 g/mol. The van der Waals surface area contributed by atoms with Crippen LogP contribution in [0.25, 0.3) is 0 Å². The number of benzene rings is 1. The van der Waals surface area contributed by atoms with Gasteiger partial charge in [0.25, 0.3) is 0 Å². The molecule has 0 bridgehead atoms. The zero-order valence-corrected chi connectivity index (χ0v) is 10.3. The summed E-state index contributed by atoms with van der Waals surface area (Å²) in [7, 11) is 1.30. The fourth-order valence-corrected chi connectivity index (χ4v) is 1.51. The van der Waals surface area contributed by atoms with Gasteiger partial charge in [-0.1, -0.05) is 35.0 Å². The molecule has 0 spiro atoms. The molecule has 0 unspecified atom stereocenters. The monoisotopic (exact) mass is 256 g/mol. The second-order valence-electron chi connectivity index (χ2n) is 3.74. The van der Waals surface area contributed by atoms with E-state index in [2.05, 4.69) is 9.84 Å². The van der Waals surface area contributed by atoms with E-state index in [4.69, 9.17) is 0 Å². The van der Waals surface area contributed by atoms with Gasteiger partial charge in [-0.3, -0.25) is 0 Å². The number of hydrogen-bond acceptors (Lipinski definition) is 4. The molecule has 2 aromatic rings. The zero-order chi connectivity index (χ0) is 13.7. The van der Waals surface area contributed by atoms with E-state index in [0.29, 0.717) is 11.1 Å². The molecule has 0 N–H and O–H groups in total. The van der Waals surface area contributed by atoms with Gasteiger partial charge in [0.15, 0.2) is 0 Å². The summed E-state index contributed by atoms with van der Waals surface area (Å²) in [6.45, 7) is 0. The first-order valence-corrected chi connectivity index (χ1v) is 5.62. The molecule has 0 saturated heterocycles. The summed E-state index contributed by atoms with van der Waals surface area (Å²) >= 11 is 0. The van der Waals surface area contributed by atoms with Gasteiger partial charge in [-0.25, -0.2) is 4.79 Å². The van der Waals surface area contributed by atoms with Crippen molar-refractivity contribution in [3.05, 3.63) is 66.0 Å². The van der Waals surface area contributed by atoms with E-state index in [0.717, 1.165) is 0 Å². The van der Waals surface area contributed by atoms with Crippen LogP contribution >= 0.6 is 0 Å². The highest BCUT2D eigenvalue weighted by Crippen LogP contribution is 1.98. The van der Waals surface area contributed by atoms with Gasteiger partial charge in [-0.05, 0) is 16.7 Å². The van der Waals surface area contributed by atoms with Gasteiger partial charge in [0.05, 0.1) is 13.0 Å². The number of nitrogens with zero attached hydrogens (tertiary/aromatic N) is 2. The second-order valence-corrected chi connectivity index (χ2v) is 3.74. The first-order valence-electron chi connectivity index (χ1n) is 5.62. The lowest BCUT2D eigenvalue weighted by atomic mass is 10.2. The SMILES string of the molecule is COC(=O)c1ccc[n+](/N=C(\[O-])c2ccccc2)c1. The molecule has 0 fully saturated rings. The standard InChI is InChI=1S/C14H12N2O3/c1-19-14(18)12-8-5-9-16(10-12)15-13(17)11-6-3-2-4-7-11/h2-10H,1H3. The molecule has 0 atom stereocenters. The lowest BCUT2D eigenvalue weighted by Gasteiger charge is -2.05. The molecule has 0 radical (unpaired) electrons. The Labute approximate surface area is 110 Å². The Balaban J connectivity index is 2.30. The van der Waals surface area contributed by atoms with Crippen LogP contribution in [0.3, 0.4) is 0 Å². The fourth-order valence-electron chi connectivity index (χ4n) is 1.51. The van der Waals surface area contributed by atoms with E-state index in [-0.39, 0.29) is 5.90 Å². The van der Waals surface area contributed by atoms with Gasteiger partial charge < -0.3 is 9.84 Å². The first kappa shape index (κ1) is 12.8. The van der Waals surface area contributed by atoms with Crippen molar-refractivity contribution in [2.75, 3.05) is 7.11 Å². The number of carbonyl (C=O) groups is 1. The third kappa shape index (κ3) is 3.16. The molecular weight excluding hydrogens is 244 g/mol. The van der Waals surface area contributed by atoms with Crippen LogP contribution in [0.5, 0.6) is 0 Å². The Bertz CT molecular complexity index is 609. The maximum atomic E-state index is 11.9. The van der Waals surface area contributed by atoms with Gasteiger partial charge >= 0.3 is 5.97 Å². The summed E-state index contributed by atoms with van der Waals surface area (Å²) < 4.78 is 5.90. The highest BCUT2D eigenvalue weighted by Gasteiger charge is 2.10. The van der Waals surface area contributed by atoms with Crippen LogP contribution in [0.2, 0.25) is 0 Å². The molecule has 19 heavy (non-hydrogen) atoms. The van der Waals surface area contributed by atoms with E-state index in [1.807, 2.05) is 6.07 Å². The number of aromatic nitrogens is 1. The Hall–Kier alpha value is -2.69. The number of pyridine rings is 1. The zero-order valence-electron chi connectivity index (χ0n) is 10.3. The summed E-state index contributed by atoms with van der Waals surface area (Å²) in [6, 6.07) is 11.9. The highest BCUT2D eigenvalue weighted by atomic mass is 16.5. The van der Waals surface area contributed by atoms with Gasteiger partial charge in [0, 0.05) is 6.07 Å².